The van der Waals surface area contributed by atoms with E-state index in [1.54, 1.807) is 23.4 Å². The molecule has 3 nitrogen and oxygen atoms in total. The fourth-order valence-electron chi connectivity index (χ4n) is 3.34. The first-order chi connectivity index (χ1) is 14.1. The second kappa shape index (κ2) is 8.64. The first-order valence-corrected chi connectivity index (χ1v) is 9.96. The van der Waals surface area contributed by atoms with Gasteiger partial charge in [0, 0.05) is 41.1 Å². The molecule has 4 aromatic rings. The van der Waals surface area contributed by atoms with Crippen LogP contribution in [0.1, 0.15) is 21.5 Å². The predicted octanol–water partition coefficient (Wildman–Crippen LogP) is 6.38. The Balaban J connectivity index is 1.68. The van der Waals surface area contributed by atoms with Gasteiger partial charge in [-0.05, 0) is 58.3 Å². The maximum atomic E-state index is 13.4. The average Bonchev–Trinajstić information content (AvgIpc) is 2.72. The quantitative estimate of drug-likeness (QED) is 0.374. The molecule has 0 unspecified atom stereocenters. The highest BCUT2D eigenvalue weighted by Crippen LogP contribution is 2.23. The lowest BCUT2D eigenvalue weighted by Gasteiger charge is -2.23. The molecule has 3 aromatic carbocycles. The third-order valence-electron chi connectivity index (χ3n) is 4.68. The van der Waals surface area contributed by atoms with Gasteiger partial charge in [0.1, 0.15) is 0 Å². The number of pyridine rings is 1. The first kappa shape index (κ1) is 19.4. The van der Waals surface area contributed by atoms with E-state index in [0.29, 0.717) is 28.7 Å². The summed E-state index contributed by atoms with van der Waals surface area (Å²) in [5.74, 6) is -0.0595. The summed E-state index contributed by atoms with van der Waals surface area (Å²) in [5.41, 5.74) is 2.47. The Morgan fingerprint density at radius 2 is 1.52 bits per heavy atom. The van der Waals surface area contributed by atoms with E-state index in [9.17, 15) is 4.79 Å². The van der Waals surface area contributed by atoms with E-state index in [4.69, 9.17) is 23.2 Å². The molecule has 0 aliphatic carbocycles. The Morgan fingerprint density at radius 3 is 2.24 bits per heavy atom. The molecule has 0 aliphatic rings. The Bertz CT molecular complexity index is 1140. The van der Waals surface area contributed by atoms with Gasteiger partial charge in [0.15, 0.2) is 0 Å². The van der Waals surface area contributed by atoms with E-state index in [1.807, 2.05) is 66.7 Å². The Labute approximate surface area is 179 Å². The summed E-state index contributed by atoms with van der Waals surface area (Å²) in [5, 5.41) is 3.23. The fourth-order valence-corrected chi connectivity index (χ4v) is 3.91. The lowest BCUT2D eigenvalue weighted by atomic mass is 10.1. The van der Waals surface area contributed by atoms with Crippen molar-refractivity contribution in [3.63, 3.8) is 0 Å². The SMILES string of the molecule is O=C(c1ccc2ccccc2c1)N(Cc1cccnc1)Cc1cc(Cl)cc(Cl)c1. The summed E-state index contributed by atoms with van der Waals surface area (Å²) < 4.78 is 0. The molecule has 0 bridgehead atoms. The van der Waals surface area contributed by atoms with Gasteiger partial charge in [-0.2, -0.15) is 0 Å². The summed E-state index contributed by atoms with van der Waals surface area (Å²) in [7, 11) is 0. The number of carbonyl (C=O) groups excluding carboxylic acids is 1. The van der Waals surface area contributed by atoms with Crippen LogP contribution in [0.25, 0.3) is 10.8 Å². The number of halogens is 2. The molecule has 5 heteroatoms. The summed E-state index contributed by atoms with van der Waals surface area (Å²) >= 11 is 12.3. The van der Waals surface area contributed by atoms with Gasteiger partial charge in [-0.25, -0.2) is 0 Å². The van der Waals surface area contributed by atoms with E-state index in [1.165, 1.54) is 0 Å². The number of nitrogens with zero attached hydrogens (tertiary/aromatic N) is 2. The van der Waals surface area contributed by atoms with Gasteiger partial charge in [0.2, 0.25) is 0 Å². The molecular weight excluding hydrogens is 403 g/mol. The second-order valence-corrected chi connectivity index (χ2v) is 7.73. The minimum atomic E-state index is -0.0595. The number of hydrogen-bond donors (Lipinski definition) is 0. The van der Waals surface area contributed by atoms with Crippen molar-refractivity contribution in [3.05, 3.63) is 112 Å². The molecule has 144 valence electrons. The largest absolute Gasteiger partial charge is 0.330 e. The number of hydrogen-bond acceptors (Lipinski definition) is 2. The van der Waals surface area contributed by atoms with Crippen LogP contribution in [0.3, 0.4) is 0 Å². The van der Waals surface area contributed by atoms with Gasteiger partial charge in [-0.3, -0.25) is 9.78 Å². The van der Waals surface area contributed by atoms with Gasteiger partial charge < -0.3 is 4.90 Å². The Morgan fingerprint density at radius 1 is 0.793 bits per heavy atom. The fraction of sp³-hybridized carbons (Fsp3) is 0.0833. The second-order valence-electron chi connectivity index (χ2n) is 6.86. The molecular formula is C24H18Cl2N2O. The lowest BCUT2D eigenvalue weighted by Crippen LogP contribution is -2.30. The van der Waals surface area contributed by atoms with Crippen molar-refractivity contribution in [2.24, 2.45) is 0 Å². The molecule has 4 rings (SSSR count). The topological polar surface area (TPSA) is 33.2 Å². The smallest absolute Gasteiger partial charge is 0.254 e. The van der Waals surface area contributed by atoms with Crippen molar-refractivity contribution in [1.29, 1.82) is 0 Å². The lowest BCUT2D eigenvalue weighted by molar-refractivity contribution is 0.0730. The highest BCUT2D eigenvalue weighted by atomic mass is 35.5. The maximum absolute atomic E-state index is 13.4. The molecule has 0 atom stereocenters. The Hall–Kier alpha value is -2.88. The molecule has 1 amide bonds. The van der Waals surface area contributed by atoms with E-state index in [2.05, 4.69) is 4.98 Å². The number of carbonyl (C=O) groups is 1. The molecule has 0 N–H and O–H groups in total. The summed E-state index contributed by atoms with van der Waals surface area (Å²) in [6.07, 6.45) is 3.49. The number of benzene rings is 3. The van der Waals surface area contributed by atoms with Crippen LogP contribution in [0.4, 0.5) is 0 Å². The summed E-state index contributed by atoms with van der Waals surface area (Å²) in [4.78, 5) is 19.4. The highest BCUT2D eigenvalue weighted by molar-refractivity contribution is 6.34. The van der Waals surface area contributed by atoms with Crippen molar-refractivity contribution in [1.82, 2.24) is 9.88 Å². The van der Waals surface area contributed by atoms with Crippen molar-refractivity contribution in [2.45, 2.75) is 13.1 Å². The van der Waals surface area contributed by atoms with Crippen LogP contribution in [0.2, 0.25) is 10.0 Å². The third kappa shape index (κ3) is 4.76. The zero-order chi connectivity index (χ0) is 20.2. The molecule has 1 heterocycles. The third-order valence-corrected chi connectivity index (χ3v) is 5.11. The van der Waals surface area contributed by atoms with Crippen LogP contribution in [0.15, 0.2) is 85.2 Å². The van der Waals surface area contributed by atoms with Crippen LogP contribution in [0, 0.1) is 0 Å². The average molecular weight is 421 g/mol. The van der Waals surface area contributed by atoms with Gasteiger partial charge in [-0.1, -0.05) is 59.6 Å². The van der Waals surface area contributed by atoms with E-state index >= 15 is 0 Å². The van der Waals surface area contributed by atoms with Crippen molar-refractivity contribution in [2.75, 3.05) is 0 Å². The molecule has 29 heavy (non-hydrogen) atoms. The minimum absolute atomic E-state index is 0.0595. The van der Waals surface area contributed by atoms with Crippen molar-refractivity contribution < 1.29 is 4.79 Å². The molecule has 0 spiro atoms. The number of fused-ring (bicyclic) bond motifs is 1. The predicted molar refractivity (Wildman–Crippen MR) is 118 cm³/mol. The highest BCUT2D eigenvalue weighted by Gasteiger charge is 2.18. The van der Waals surface area contributed by atoms with Gasteiger partial charge in [0.05, 0.1) is 0 Å². The van der Waals surface area contributed by atoms with Crippen LogP contribution >= 0.6 is 23.2 Å². The molecule has 0 radical (unpaired) electrons. The number of rotatable bonds is 5. The van der Waals surface area contributed by atoms with Gasteiger partial charge in [-0.15, -0.1) is 0 Å². The van der Waals surface area contributed by atoms with Gasteiger partial charge in [0.25, 0.3) is 5.91 Å². The monoisotopic (exact) mass is 420 g/mol. The van der Waals surface area contributed by atoms with Crippen LogP contribution in [-0.4, -0.2) is 15.8 Å². The maximum Gasteiger partial charge on any atom is 0.254 e. The van der Waals surface area contributed by atoms with E-state index in [0.717, 1.165) is 21.9 Å². The molecule has 0 fully saturated rings. The minimum Gasteiger partial charge on any atom is -0.330 e. The van der Waals surface area contributed by atoms with Gasteiger partial charge >= 0.3 is 0 Å². The number of amides is 1. The normalized spacial score (nSPS) is 10.8. The van der Waals surface area contributed by atoms with Crippen LogP contribution in [-0.2, 0) is 13.1 Å². The standard InChI is InChI=1S/C24H18Cl2N2O/c25-22-10-18(11-23(26)13-22)16-28(15-17-4-3-9-27-14-17)24(29)21-8-7-19-5-1-2-6-20(19)12-21/h1-14H,15-16H2. The zero-order valence-electron chi connectivity index (χ0n) is 15.6. The van der Waals surface area contributed by atoms with E-state index in [-0.39, 0.29) is 5.91 Å². The summed E-state index contributed by atoms with van der Waals surface area (Å²) in [6, 6.07) is 22.9. The summed E-state index contributed by atoms with van der Waals surface area (Å²) in [6.45, 7) is 0.824. The van der Waals surface area contributed by atoms with Crippen LogP contribution < -0.4 is 0 Å². The van der Waals surface area contributed by atoms with E-state index < -0.39 is 0 Å². The van der Waals surface area contributed by atoms with Crippen molar-refractivity contribution >= 4 is 39.9 Å². The first-order valence-electron chi connectivity index (χ1n) is 9.20. The molecule has 0 saturated carbocycles. The molecule has 1 aromatic heterocycles. The zero-order valence-corrected chi connectivity index (χ0v) is 17.1. The Kier molecular flexibility index (Phi) is 5.79. The number of aromatic nitrogens is 1. The molecule has 0 saturated heterocycles. The van der Waals surface area contributed by atoms with Crippen molar-refractivity contribution in [3.8, 4) is 0 Å². The molecule has 0 aliphatic heterocycles. The van der Waals surface area contributed by atoms with Crippen LogP contribution in [0.5, 0.6) is 0 Å².